The van der Waals surface area contributed by atoms with Crippen molar-refractivity contribution in [2.45, 2.75) is 59.4 Å². The number of aryl methyl sites for hydroxylation is 1. The van der Waals surface area contributed by atoms with E-state index in [0.717, 1.165) is 19.3 Å². The fourth-order valence-corrected chi connectivity index (χ4v) is 1.51. The molecule has 0 aliphatic rings. The van der Waals surface area contributed by atoms with Crippen LogP contribution in [0.2, 0.25) is 0 Å². The monoisotopic (exact) mass is 274 g/mol. The van der Waals surface area contributed by atoms with Crippen LogP contribution in [0.5, 0.6) is 0 Å². The van der Waals surface area contributed by atoms with E-state index in [0.29, 0.717) is 0 Å². The number of allylic oxidation sites excluding steroid dienone is 1. The minimum Gasteiger partial charge on any atom is -0.305 e. The summed E-state index contributed by atoms with van der Waals surface area (Å²) in [6.07, 6.45) is 5.09. The molecule has 0 heterocycles. The van der Waals surface area contributed by atoms with Gasteiger partial charge < -0.3 is 5.43 Å². The highest BCUT2D eigenvalue weighted by molar-refractivity contribution is 5.81. The SMILES string of the molecule is C/C(CCCc1ccccc1)=N\NC(C)(C)C.C=CC. The quantitative estimate of drug-likeness (QED) is 0.458. The smallest absolute Gasteiger partial charge is 0.0464 e. The lowest BCUT2D eigenvalue weighted by Crippen LogP contribution is -2.32. The van der Waals surface area contributed by atoms with Crippen LogP contribution >= 0.6 is 0 Å². The number of hydrazone groups is 1. The van der Waals surface area contributed by atoms with Gasteiger partial charge in [0, 0.05) is 11.3 Å². The van der Waals surface area contributed by atoms with Crippen molar-refractivity contribution < 1.29 is 0 Å². The fourth-order valence-electron chi connectivity index (χ4n) is 1.51. The molecule has 1 N–H and O–H groups in total. The van der Waals surface area contributed by atoms with Gasteiger partial charge in [-0.05, 0) is 59.4 Å². The second kappa shape index (κ2) is 10.2. The van der Waals surface area contributed by atoms with Gasteiger partial charge in [-0.15, -0.1) is 6.58 Å². The van der Waals surface area contributed by atoms with Crippen molar-refractivity contribution in [2.24, 2.45) is 5.10 Å². The third-order valence-corrected chi connectivity index (χ3v) is 2.43. The minimum atomic E-state index is 0.0562. The lowest BCUT2D eigenvalue weighted by Gasteiger charge is -2.18. The summed E-state index contributed by atoms with van der Waals surface area (Å²) < 4.78 is 0. The molecule has 0 atom stereocenters. The molecule has 2 nitrogen and oxygen atoms in total. The average molecular weight is 274 g/mol. The van der Waals surface area contributed by atoms with Crippen molar-refractivity contribution in [3.05, 3.63) is 48.6 Å². The molecule has 1 aromatic rings. The molecule has 2 heteroatoms. The Balaban J connectivity index is 0.00000110. The summed E-state index contributed by atoms with van der Waals surface area (Å²) in [4.78, 5) is 0. The maximum atomic E-state index is 4.39. The molecule has 0 fully saturated rings. The topological polar surface area (TPSA) is 24.4 Å². The summed E-state index contributed by atoms with van der Waals surface area (Å²) in [5.74, 6) is 0. The maximum Gasteiger partial charge on any atom is 0.0464 e. The normalized spacial score (nSPS) is 11.3. The number of rotatable bonds is 5. The zero-order chi connectivity index (χ0) is 15.4. The van der Waals surface area contributed by atoms with E-state index < -0.39 is 0 Å². The summed E-state index contributed by atoms with van der Waals surface area (Å²) in [5.41, 5.74) is 5.80. The Hall–Kier alpha value is -1.57. The van der Waals surface area contributed by atoms with Gasteiger partial charge in [-0.2, -0.15) is 5.10 Å². The molecule has 1 rings (SSSR count). The summed E-state index contributed by atoms with van der Waals surface area (Å²) >= 11 is 0. The molecule has 1 aromatic carbocycles. The van der Waals surface area contributed by atoms with Crippen molar-refractivity contribution in [1.82, 2.24) is 5.43 Å². The van der Waals surface area contributed by atoms with E-state index in [1.807, 2.05) is 6.92 Å². The second-order valence-electron chi connectivity index (χ2n) is 5.96. The molecule has 20 heavy (non-hydrogen) atoms. The Morgan fingerprint density at radius 3 is 2.30 bits per heavy atom. The predicted octanol–water partition coefficient (Wildman–Crippen LogP) is 4.97. The molecule has 0 bridgehead atoms. The van der Waals surface area contributed by atoms with Gasteiger partial charge in [0.25, 0.3) is 0 Å². The first-order valence-corrected chi connectivity index (χ1v) is 7.30. The van der Waals surface area contributed by atoms with Crippen LogP contribution in [0.3, 0.4) is 0 Å². The van der Waals surface area contributed by atoms with Crippen LogP contribution in [-0.2, 0) is 6.42 Å². The number of hydrogen-bond donors (Lipinski definition) is 1. The van der Waals surface area contributed by atoms with Crippen molar-refractivity contribution >= 4 is 5.71 Å². The van der Waals surface area contributed by atoms with Gasteiger partial charge in [0.15, 0.2) is 0 Å². The number of benzene rings is 1. The Bertz CT molecular complexity index is 386. The van der Waals surface area contributed by atoms with Crippen LogP contribution in [0, 0.1) is 0 Å². The molecule has 0 amide bonds. The van der Waals surface area contributed by atoms with Gasteiger partial charge in [0.2, 0.25) is 0 Å². The first kappa shape index (κ1) is 18.4. The first-order valence-electron chi connectivity index (χ1n) is 7.30. The molecule has 0 aromatic heterocycles. The zero-order valence-electron chi connectivity index (χ0n) is 13.7. The van der Waals surface area contributed by atoms with E-state index in [4.69, 9.17) is 0 Å². The predicted molar refractivity (Wildman–Crippen MR) is 91.2 cm³/mol. The van der Waals surface area contributed by atoms with Crippen LogP contribution in [0.4, 0.5) is 0 Å². The van der Waals surface area contributed by atoms with E-state index in [1.54, 1.807) is 6.08 Å². The third kappa shape index (κ3) is 11.5. The Morgan fingerprint density at radius 2 is 1.80 bits per heavy atom. The first-order chi connectivity index (χ1) is 9.39. The van der Waals surface area contributed by atoms with E-state index in [2.05, 4.69) is 75.1 Å². The Morgan fingerprint density at radius 1 is 1.25 bits per heavy atom. The lowest BCUT2D eigenvalue weighted by molar-refractivity contribution is 0.440. The van der Waals surface area contributed by atoms with Crippen LogP contribution in [0.15, 0.2) is 48.1 Å². The molecular formula is C18H30N2. The molecule has 112 valence electrons. The molecule has 0 unspecified atom stereocenters. The lowest BCUT2D eigenvalue weighted by atomic mass is 10.1. The molecule has 0 aliphatic carbocycles. The van der Waals surface area contributed by atoms with Gasteiger partial charge in [0.05, 0.1) is 0 Å². The standard InChI is InChI=1S/C15H24N2.C3H6/c1-13(16-17-15(2,3)4)9-8-12-14-10-6-5-7-11-14;1-3-2/h5-7,10-11,17H,8-9,12H2,1-4H3;3H,1H2,2H3/b16-13+;. The van der Waals surface area contributed by atoms with Crippen LogP contribution in [0.25, 0.3) is 0 Å². The van der Waals surface area contributed by atoms with Crippen LogP contribution < -0.4 is 5.43 Å². The Kier molecular flexibility index (Phi) is 9.44. The van der Waals surface area contributed by atoms with Gasteiger partial charge >= 0.3 is 0 Å². The third-order valence-electron chi connectivity index (χ3n) is 2.43. The van der Waals surface area contributed by atoms with Crippen molar-refractivity contribution in [3.8, 4) is 0 Å². The average Bonchev–Trinajstić information content (AvgIpc) is 2.38. The Labute approximate surface area is 125 Å². The van der Waals surface area contributed by atoms with E-state index in [-0.39, 0.29) is 5.54 Å². The zero-order valence-corrected chi connectivity index (χ0v) is 13.7. The van der Waals surface area contributed by atoms with Gasteiger partial charge in [0.1, 0.15) is 0 Å². The molecule has 0 saturated carbocycles. The summed E-state index contributed by atoms with van der Waals surface area (Å²) in [7, 11) is 0. The molecule has 0 saturated heterocycles. The number of hydrogen-bond acceptors (Lipinski definition) is 2. The summed E-state index contributed by atoms with van der Waals surface area (Å²) in [5, 5.41) is 4.39. The van der Waals surface area contributed by atoms with E-state index >= 15 is 0 Å². The molecular weight excluding hydrogens is 244 g/mol. The maximum absolute atomic E-state index is 4.39. The van der Waals surface area contributed by atoms with Gasteiger partial charge in [-0.3, -0.25) is 0 Å². The van der Waals surface area contributed by atoms with E-state index in [1.165, 1.54) is 11.3 Å². The van der Waals surface area contributed by atoms with Crippen molar-refractivity contribution in [1.29, 1.82) is 0 Å². The molecule has 0 aliphatic heterocycles. The van der Waals surface area contributed by atoms with Crippen LogP contribution in [-0.4, -0.2) is 11.3 Å². The summed E-state index contributed by atoms with van der Waals surface area (Å²) in [6, 6.07) is 10.6. The van der Waals surface area contributed by atoms with Crippen molar-refractivity contribution in [3.63, 3.8) is 0 Å². The minimum absolute atomic E-state index is 0.0562. The highest BCUT2D eigenvalue weighted by atomic mass is 15.3. The number of nitrogens with one attached hydrogen (secondary N) is 1. The van der Waals surface area contributed by atoms with Gasteiger partial charge in [-0.1, -0.05) is 36.4 Å². The second-order valence-corrected chi connectivity index (χ2v) is 5.96. The van der Waals surface area contributed by atoms with E-state index in [9.17, 15) is 0 Å². The van der Waals surface area contributed by atoms with Gasteiger partial charge in [-0.25, -0.2) is 0 Å². The summed E-state index contributed by atoms with van der Waals surface area (Å²) in [6.45, 7) is 13.7. The highest BCUT2D eigenvalue weighted by Crippen LogP contribution is 2.05. The van der Waals surface area contributed by atoms with Crippen LogP contribution in [0.1, 0.15) is 53.0 Å². The fraction of sp³-hybridized carbons (Fsp3) is 0.500. The van der Waals surface area contributed by atoms with Crippen molar-refractivity contribution in [2.75, 3.05) is 0 Å². The molecule has 0 spiro atoms. The molecule has 0 radical (unpaired) electrons. The largest absolute Gasteiger partial charge is 0.305 e. The highest BCUT2D eigenvalue weighted by Gasteiger charge is 2.06. The number of nitrogens with zero attached hydrogens (tertiary/aromatic N) is 1.